The topological polar surface area (TPSA) is 149 Å². The van der Waals surface area contributed by atoms with Gasteiger partial charge >= 0.3 is 23.9 Å². The Kier molecular flexibility index (Phi) is 18.2. The molecule has 8 atom stereocenters. The summed E-state index contributed by atoms with van der Waals surface area (Å²) in [5.41, 5.74) is 4.56. The largest absolute Gasteiger partial charge is 0.481 e. The number of carboxylic acid groups (broad SMARTS) is 4. The van der Waals surface area contributed by atoms with E-state index in [4.69, 9.17) is 20.4 Å². The summed E-state index contributed by atoms with van der Waals surface area (Å²) in [4.78, 5) is 42.5. The first kappa shape index (κ1) is 41.5. The van der Waals surface area contributed by atoms with Gasteiger partial charge in [-0.2, -0.15) is 0 Å². The van der Waals surface area contributed by atoms with E-state index in [1.165, 1.54) is 0 Å². The summed E-state index contributed by atoms with van der Waals surface area (Å²) in [7, 11) is 0. The molecule has 0 amide bonds. The summed E-state index contributed by atoms with van der Waals surface area (Å²) in [6, 6.07) is 0. The Bertz CT molecular complexity index is 1110. The van der Waals surface area contributed by atoms with Crippen LogP contribution in [-0.4, -0.2) is 44.3 Å². The van der Waals surface area contributed by atoms with E-state index in [0.29, 0.717) is 0 Å². The van der Waals surface area contributed by atoms with Crippen molar-refractivity contribution in [1.29, 1.82) is 0 Å². The Balaban J connectivity index is 0.000000569. The van der Waals surface area contributed by atoms with E-state index in [9.17, 15) is 19.2 Å². The molecule has 4 N–H and O–H groups in total. The fourth-order valence-corrected chi connectivity index (χ4v) is 4.90. The Labute approximate surface area is 281 Å². The van der Waals surface area contributed by atoms with Crippen LogP contribution in [0.25, 0.3) is 0 Å². The first-order valence-electron chi connectivity index (χ1n) is 14.8. The van der Waals surface area contributed by atoms with E-state index in [1.54, 1.807) is 24.3 Å². The van der Waals surface area contributed by atoms with Crippen LogP contribution in [0.5, 0.6) is 0 Å². The van der Waals surface area contributed by atoms with Crippen LogP contribution in [0.2, 0.25) is 0 Å². The molecule has 0 saturated carbocycles. The summed E-state index contributed by atoms with van der Waals surface area (Å²) in [6.07, 6.45) is 22.0. The second kappa shape index (κ2) is 19.8. The van der Waals surface area contributed by atoms with Crippen molar-refractivity contribution in [1.82, 2.24) is 0 Å². The van der Waals surface area contributed by atoms with Crippen molar-refractivity contribution in [2.45, 2.75) is 55.4 Å². The quantitative estimate of drug-likeness (QED) is 0.231. The third kappa shape index (κ3) is 12.8. The molecule has 0 saturated heterocycles. The standard InChI is InChI=1S/4C9H12O2.Pt/c4*1-6-4-3-5-8(7(6)2)9(10)11;/h4*3-5,7-8H,1-2H3,(H,10,11);. The molecule has 0 fully saturated rings. The van der Waals surface area contributed by atoms with Gasteiger partial charge in [0.05, 0.1) is 23.7 Å². The maximum absolute atomic E-state index is 10.6. The van der Waals surface area contributed by atoms with E-state index in [1.807, 2.05) is 104 Å². The normalized spacial score (nSPS) is 29.2. The van der Waals surface area contributed by atoms with Crippen LogP contribution in [-0.2, 0) is 40.2 Å². The molecule has 45 heavy (non-hydrogen) atoms. The zero-order chi connectivity index (χ0) is 33.7. The molecule has 0 aromatic heterocycles. The molecule has 4 aliphatic carbocycles. The average Bonchev–Trinajstić information content (AvgIpc) is 2.95. The van der Waals surface area contributed by atoms with Gasteiger partial charge in [0.25, 0.3) is 0 Å². The van der Waals surface area contributed by atoms with Crippen molar-refractivity contribution >= 4 is 23.9 Å². The molecule has 0 spiro atoms. The molecular formula is C36H48O8Pt. The third-order valence-corrected chi connectivity index (χ3v) is 8.88. The molecule has 0 aromatic carbocycles. The average molecular weight is 804 g/mol. The predicted molar refractivity (Wildman–Crippen MR) is 173 cm³/mol. The molecule has 8 nitrogen and oxygen atoms in total. The van der Waals surface area contributed by atoms with Gasteiger partial charge in [-0.1, -0.05) is 123 Å². The fourth-order valence-electron chi connectivity index (χ4n) is 4.90. The maximum Gasteiger partial charge on any atom is 0.310 e. The van der Waals surface area contributed by atoms with Crippen molar-refractivity contribution < 1.29 is 60.7 Å². The minimum Gasteiger partial charge on any atom is -0.481 e. The molecular weight excluding hydrogens is 755 g/mol. The van der Waals surface area contributed by atoms with Gasteiger partial charge in [0.1, 0.15) is 0 Å². The monoisotopic (exact) mass is 803 g/mol. The van der Waals surface area contributed by atoms with Crippen molar-refractivity contribution in [3.63, 3.8) is 0 Å². The number of carbonyl (C=O) groups is 4. The maximum atomic E-state index is 10.6. The van der Waals surface area contributed by atoms with E-state index >= 15 is 0 Å². The number of rotatable bonds is 4. The van der Waals surface area contributed by atoms with Crippen LogP contribution in [0.3, 0.4) is 0 Å². The van der Waals surface area contributed by atoms with E-state index in [0.717, 1.165) is 22.3 Å². The minimum absolute atomic E-state index is 0. The molecule has 8 unspecified atom stereocenters. The van der Waals surface area contributed by atoms with Gasteiger partial charge in [0, 0.05) is 21.1 Å². The van der Waals surface area contributed by atoms with Gasteiger partial charge in [-0.05, 0) is 51.4 Å². The van der Waals surface area contributed by atoms with Gasteiger partial charge in [-0.3, -0.25) is 19.2 Å². The Morgan fingerprint density at radius 1 is 0.422 bits per heavy atom. The molecule has 0 heterocycles. The van der Waals surface area contributed by atoms with Crippen LogP contribution < -0.4 is 0 Å². The molecule has 250 valence electrons. The van der Waals surface area contributed by atoms with E-state index < -0.39 is 23.9 Å². The van der Waals surface area contributed by atoms with Crippen molar-refractivity contribution in [2.75, 3.05) is 0 Å². The summed E-state index contributed by atoms with van der Waals surface area (Å²) < 4.78 is 0. The number of allylic oxidation sites excluding steroid dienone is 12. The van der Waals surface area contributed by atoms with Crippen molar-refractivity contribution in [2.24, 2.45) is 47.3 Å². The summed E-state index contributed by atoms with van der Waals surface area (Å²) in [5.74, 6) is -3.73. The second-order valence-electron chi connectivity index (χ2n) is 11.8. The van der Waals surface area contributed by atoms with Gasteiger partial charge < -0.3 is 20.4 Å². The number of hydrogen-bond acceptors (Lipinski definition) is 4. The van der Waals surface area contributed by atoms with Gasteiger partial charge in [0.2, 0.25) is 0 Å². The molecule has 4 aliphatic rings. The van der Waals surface area contributed by atoms with Crippen molar-refractivity contribution in [3.05, 3.63) is 95.2 Å². The first-order valence-corrected chi connectivity index (χ1v) is 14.8. The summed E-state index contributed by atoms with van der Waals surface area (Å²) >= 11 is 0. The third-order valence-electron chi connectivity index (χ3n) is 8.88. The predicted octanol–water partition coefficient (Wildman–Crippen LogP) is 7.36. The Hall–Kier alpha value is -3.51. The first-order chi connectivity index (χ1) is 20.5. The summed E-state index contributed by atoms with van der Waals surface area (Å²) in [6.45, 7) is 15.6. The molecule has 0 bridgehead atoms. The number of aliphatic carboxylic acids is 4. The molecule has 9 heteroatoms. The number of hydrogen-bond donors (Lipinski definition) is 4. The Morgan fingerprint density at radius 2 is 0.578 bits per heavy atom. The van der Waals surface area contributed by atoms with Gasteiger partial charge in [-0.15, -0.1) is 0 Å². The van der Waals surface area contributed by atoms with Crippen LogP contribution >= 0.6 is 0 Å². The smallest absolute Gasteiger partial charge is 0.310 e. The molecule has 0 aromatic rings. The van der Waals surface area contributed by atoms with Crippen molar-refractivity contribution in [3.8, 4) is 0 Å². The van der Waals surface area contributed by atoms with E-state index in [-0.39, 0.29) is 68.4 Å². The Morgan fingerprint density at radius 3 is 0.689 bits per heavy atom. The zero-order valence-electron chi connectivity index (χ0n) is 27.3. The minimum atomic E-state index is -0.735. The second-order valence-corrected chi connectivity index (χ2v) is 11.8. The molecule has 4 rings (SSSR count). The van der Waals surface area contributed by atoms with Gasteiger partial charge in [0.15, 0.2) is 0 Å². The zero-order valence-corrected chi connectivity index (χ0v) is 29.6. The SMILES string of the molecule is CC1=CC=CC(C(=O)O)C1C.CC1=CC=CC(C(=O)O)C1C.CC1=CC=CC(C(=O)O)C1C.CC1=CC=CC(C(=O)O)C1C.[Pt]. The summed E-state index contributed by atoms with van der Waals surface area (Å²) in [5, 5.41) is 35.0. The van der Waals surface area contributed by atoms with Crippen LogP contribution in [0, 0.1) is 47.3 Å². The van der Waals surface area contributed by atoms with Crippen LogP contribution in [0.4, 0.5) is 0 Å². The molecule has 0 radical (unpaired) electrons. The fraction of sp³-hybridized carbons (Fsp3) is 0.444. The van der Waals surface area contributed by atoms with E-state index in [2.05, 4.69) is 0 Å². The number of carboxylic acids is 4. The van der Waals surface area contributed by atoms with Crippen LogP contribution in [0.15, 0.2) is 95.2 Å². The van der Waals surface area contributed by atoms with Gasteiger partial charge in [-0.25, -0.2) is 0 Å². The van der Waals surface area contributed by atoms with Crippen LogP contribution in [0.1, 0.15) is 55.4 Å². The molecule has 0 aliphatic heterocycles.